The molecule has 1 amide bonds. The van der Waals surface area contributed by atoms with Crippen molar-refractivity contribution in [3.8, 4) is 0 Å². The summed E-state index contributed by atoms with van der Waals surface area (Å²) in [5, 5.41) is 36.3. The van der Waals surface area contributed by atoms with E-state index in [9.17, 15) is 28.5 Å². The van der Waals surface area contributed by atoms with Gasteiger partial charge in [0.15, 0.2) is 0 Å². The Morgan fingerprint density at radius 3 is 2.49 bits per heavy atom. The Labute approximate surface area is 217 Å². The minimum absolute atomic E-state index is 0.00811. The number of aliphatic hydroxyl groups is 3. The zero-order valence-electron chi connectivity index (χ0n) is 25.9. The van der Waals surface area contributed by atoms with Crippen molar-refractivity contribution in [1.82, 2.24) is 5.32 Å². The number of carbonyl (C=O) groups is 1. The van der Waals surface area contributed by atoms with Crippen molar-refractivity contribution >= 4 is 16.0 Å². The second kappa shape index (κ2) is 9.86. The van der Waals surface area contributed by atoms with E-state index < -0.39 is 69.6 Å². The van der Waals surface area contributed by atoms with E-state index in [0.717, 1.165) is 12.8 Å². The summed E-state index contributed by atoms with van der Waals surface area (Å²) in [4.78, 5) is 12.3. The molecule has 0 heterocycles. The van der Waals surface area contributed by atoms with Crippen molar-refractivity contribution in [2.75, 3.05) is 12.3 Å². The molecule has 5 N–H and O–H groups in total. The molecule has 4 aliphatic rings. The van der Waals surface area contributed by atoms with Crippen LogP contribution < -0.4 is 5.32 Å². The van der Waals surface area contributed by atoms with Crippen LogP contribution in [-0.2, 0) is 14.9 Å². The number of rotatable bonds is 7. The lowest BCUT2D eigenvalue weighted by atomic mass is 9.43. The second-order valence-corrected chi connectivity index (χ2v) is 13.4. The molecule has 0 spiro atoms. The highest BCUT2D eigenvalue weighted by atomic mass is 32.2. The van der Waals surface area contributed by atoms with Gasteiger partial charge in [0.1, 0.15) is 0 Å². The average molecular weight is 521 g/mol. The van der Waals surface area contributed by atoms with E-state index in [1.807, 2.05) is 6.92 Å². The molecule has 4 fully saturated rings. The third-order valence-electron chi connectivity index (χ3n) is 10.3. The molecule has 202 valence electrons. The Hall–Kier alpha value is -0.740. The lowest BCUT2D eigenvalue weighted by molar-refractivity contribution is -0.207. The molecule has 11 atom stereocenters. The first-order chi connectivity index (χ1) is 18.1. The average Bonchev–Trinajstić information content (AvgIpc) is 3.20. The van der Waals surface area contributed by atoms with Crippen LogP contribution in [0.2, 0.25) is 0 Å². The van der Waals surface area contributed by atoms with Gasteiger partial charge in [-0.3, -0.25) is 9.35 Å². The molecular weight excluding hydrogens is 470 g/mol. The maximum atomic E-state index is 12.3. The summed E-state index contributed by atoms with van der Waals surface area (Å²) >= 11 is 0. The van der Waals surface area contributed by atoms with E-state index >= 15 is 0 Å². The van der Waals surface area contributed by atoms with Crippen molar-refractivity contribution in [1.29, 1.82) is 0 Å². The highest BCUT2D eigenvalue weighted by molar-refractivity contribution is 7.85. The second-order valence-electron chi connectivity index (χ2n) is 11.9. The number of hydrogen-bond acceptors (Lipinski definition) is 6. The first kappa shape index (κ1) is 21.2. The summed E-state index contributed by atoms with van der Waals surface area (Å²) in [5.41, 5.74) is -1.77. The van der Waals surface area contributed by atoms with Gasteiger partial charge in [-0.15, -0.1) is 0 Å². The zero-order valence-corrected chi connectivity index (χ0v) is 21.7. The van der Waals surface area contributed by atoms with Crippen molar-refractivity contribution in [3.05, 3.63) is 0 Å². The van der Waals surface area contributed by atoms with Gasteiger partial charge < -0.3 is 20.6 Å². The third kappa shape index (κ3) is 4.92. The lowest BCUT2D eigenvalue weighted by Gasteiger charge is -2.63. The van der Waals surface area contributed by atoms with Gasteiger partial charge in [-0.1, -0.05) is 20.8 Å². The zero-order chi connectivity index (χ0) is 30.3. The van der Waals surface area contributed by atoms with Gasteiger partial charge in [-0.25, -0.2) is 0 Å². The van der Waals surface area contributed by atoms with E-state index in [2.05, 4.69) is 12.2 Å². The van der Waals surface area contributed by atoms with Crippen molar-refractivity contribution in [2.24, 2.45) is 46.3 Å². The molecule has 8 nitrogen and oxygen atoms in total. The van der Waals surface area contributed by atoms with E-state index in [1.54, 1.807) is 6.92 Å². The van der Waals surface area contributed by atoms with Gasteiger partial charge in [0, 0.05) is 18.4 Å². The molecule has 4 rings (SSSR count). The van der Waals surface area contributed by atoms with E-state index in [1.165, 1.54) is 0 Å². The number of amides is 1. The normalized spacial score (nSPS) is 53.3. The predicted octanol–water partition coefficient (Wildman–Crippen LogP) is 2.37. The summed E-state index contributed by atoms with van der Waals surface area (Å²) in [5.74, 6) is -1.98. The largest absolute Gasteiger partial charge is 0.393 e. The van der Waals surface area contributed by atoms with Crippen LogP contribution in [0.15, 0.2) is 0 Å². The fraction of sp³-hybridized carbons (Fsp3) is 0.962. The molecule has 0 aromatic carbocycles. The minimum atomic E-state index is -4.16. The summed E-state index contributed by atoms with van der Waals surface area (Å²) < 4.78 is 73.0. The summed E-state index contributed by atoms with van der Waals surface area (Å²) in [7, 11) is -4.16. The van der Waals surface area contributed by atoms with Crippen LogP contribution in [0.5, 0.6) is 0 Å². The molecule has 0 aromatic rings. The van der Waals surface area contributed by atoms with Crippen LogP contribution in [0.3, 0.4) is 0 Å². The monoisotopic (exact) mass is 520 g/mol. The Morgan fingerprint density at radius 2 is 1.80 bits per heavy atom. The summed E-state index contributed by atoms with van der Waals surface area (Å²) in [6.45, 7) is 5.63. The molecule has 0 bridgehead atoms. The van der Waals surface area contributed by atoms with Gasteiger partial charge in [0.2, 0.25) is 5.91 Å². The van der Waals surface area contributed by atoms with Crippen molar-refractivity contribution < 1.29 is 39.9 Å². The number of nitrogens with one attached hydrogen (secondary N) is 1. The fourth-order valence-electron chi connectivity index (χ4n) is 8.40. The van der Waals surface area contributed by atoms with E-state index in [0.29, 0.717) is 19.3 Å². The lowest BCUT2D eigenvalue weighted by Crippen LogP contribution is -2.62. The fourth-order valence-corrected chi connectivity index (χ4v) is 8.76. The first-order valence-corrected chi connectivity index (χ1v) is 14.6. The molecule has 4 aliphatic carbocycles. The van der Waals surface area contributed by atoms with E-state index in [4.69, 9.17) is 11.4 Å². The van der Waals surface area contributed by atoms with Crippen LogP contribution in [-0.4, -0.2) is 64.8 Å². The van der Waals surface area contributed by atoms with Crippen LogP contribution in [0, 0.1) is 46.3 Å². The Kier molecular flexibility index (Phi) is 5.98. The predicted molar refractivity (Wildman–Crippen MR) is 132 cm³/mol. The SMILES string of the molecule is [2H]C1([2H])[C@@H](O)[C@@]2(C)[C@H](CC[C@@H]3[C@@H]2C[C@H](O)[C@]2(C)[C@@H]([C@H](C)CCC(=O)NCCS(=O)(=O)O)CC[C@@H]32)C([2H])([2H])C1([2H])O. The first-order valence-electron chi connectivity index (χ1n) is 15.5. The molecule has 0 aliphatic heterocycles. The van der Waals surface area contributed by atoms with Gasteiger partial charge >= 0.3 is 0 Å². The number of carbonyl (C=O) groups excluding carboxylic acids is 1. The van der Waals surface area contributed by atoms with Crippen molar-refractivity contribution in [3.63, 3.8) is 0 Å². The quantitative estimate of drug-likeness (QED) is 0.324. The number of aliphatic hydroxyl groups excluding tert-OH is 2. The summed E-state index contributed by atoms with van der Waals surface area (Å²) in [6, 6.07) is 0. The highest BCUT2D eigenvalue weighted by Crippen LogP contribution is 2.68. The molecule has 4 saturated carbocycles. The van der Waals surface area contributed by atoms with Gasteiger partial charge in [0.25, 0.3) is 10.1 Å². The third-order valence-corrected chi connectivity index (χ3v) is 11.0. The van der Waals surface area contributed by atoms with Gasteiger partial charge in [-0.05, 0) is 97.6 Å². The molecule has 0 saturated heterocycles. The standard InChI is InChI=1S/C26H45NO7S/c1-15(4-9-24(31)27-10-11-35(32,33)34)19-7-8-20-18-6-5-16-12-17(28)13-22(29)25(16,2)21(18)14-23(30)26(19,20)3/h15-23,28-30H,4-14H2,1-3H3,(H,27,31)(H,32,33,34)/t15-,16-,17?,18+,19-,20+,21+,22-,23+,25+,26-/m1/s1/i12D2,13D2,17D. The van der Waals surface area contributed by atoms with Gasteiger partial charge in [-0.2, -0.15) is 8.42 Å². The van der Waals surface area contributed by atoms with Crippen LogP contribution in [0.1, 0.15) is 85.3 Å². The highest BCUT2D eigenvalue weighted by Gasteiger charge is 2.65. The summed E-state index contributed by atoms with van der Waals surface area (Å²) in [6.07, 6.45) is -7.72. The molecular formula is C26H45NO7S. The molecule has 9 heteroatoms. The molecule has 0 aromatic heterocycles. The maximum Gasteiger partial charge on any atom is 0.266 e. The van der Waals surface area contributed by atoms with Crippen LogP contribution in [0.25, 0.3) is 0 Å². The smallest absolute Gasteiger partial charge is 0.266 e. The molecule has 0 radical (unpaired) electrons. The Morgan fingerprint density at radius 1 is 1.09 bits per heavy atom. The molecule has 1 unspecified atom stereocenters. The minimum Gasteiger partial charge on any atom is -0.393 e. The van der Waals surface area contributed by atoms with E-state index in [-0.39, 0.29) is 49.0 Å². The Balaban J connectivity index is 1.52. The van der Waals surface area contributed by atoms with Crippen LogP contribution in [0.4, 0.5) is 0 Å². The van der Waals surface area contributed by atoms with Gasteiger partial charge in [0.05, 0.1) is 25.4 Å². The van der Waals surface area contributed by atoms with Crippen LogP contribution >= 0.6 is 0 Å². The Bertz CT molecular complexity index is 1110. The van der Waals surface area contributed by atoms with Crippen molar-refractivity contribution in [2.45, 2.75) is 96.8 Å². The number of hydrogen-bond donors (Lipinski definition) is 5. The number of fused-ring (bicyclic) bond motifs is 5. The maximum absolute atomic E-state index is 12.3. The molecule has 35 heavy (non-hydrogen) atoms. The topological polar surface area (TPSA) is 144 Å².